The summed E-state index contributed by atoms with van der Waals surface area (Å²) in [5.74, 6) is -0.648. The Bertz CT molecular complexity index is 740. The van der Waals surface area contributed by atoms with Gasteiger partial charge in [-0.15, -0.1) is 0 Å². The Morgan fingerprint density at radius 2 is 2.05 bits per heavy atom. The topological polar surface area (TPSA) is 85.1 Å². The number of carbonyl (C=O) groups is 1. The second-order valence-corrected chi connectivity index (χ2v) is 5.96. The molecule has 1 aromatic carbocycles. The molecular formula is C12H6Br2ClN3O3. The van der Waals surface area contributed by atoms with E-state index in [1.807, 2.05) is 0 Å². The molecule has 9 heteroatoms. The number of amides is 1. The average Bonchev–Trinajstić information content (AvgIpc) is 2.42. The van der Waals surface area contributed by atoms with E-state index in [9.17, 15) is 14.9 Å². The Kier molecular flexibility index (Phi) is 4.92. The van der Waals surface area contributed by atoms with Crippen molar-refractivity contribution in [2.45, 2.75) is 0 Å². The largest absolute Gasteiger partial charge is 0.321 e. The first-order valence-corrected chi connectivity index (χ1v) is 7.42. The van der Waals surface area contributed by atoms with E-state index in [1.54, 1.807) is 18.2 Å². The highest BCUT2D eigenvalue weighted by atomic mass is 79.9. The van der Waals surface area contributed by atoms with Crippen LogP contribution in [-0.4, -0.2) is 15.8 Å². The molecule has 0 aliphatic carbocycles. The third kappa shape index (κ3) is 3.58. The van der Waals surface area contributed by atoms with Gasteiger partial charge < -0.3 is 5.32 Å². The van der Waals surface area contributed by atoms with Gasteiger partial charge in [0.05, 0.1) is 10.6 Å². The molecule has 108 valence electrons. The van der Waals surface area contributed by atoms with Crippen molar-refractivity contribution in [2.75, 3.05) is 5.32 Å². The first-order valence-electron chi connectivity index (χ1n) is 5.45. The lowest BCUT2D eigenvalue weighted by molar-refractivity contribution is -0.385. The van der Waals surface area contributed by atoms with Crippen LogP contribution in [0.4, 0.5) is 11.4 Å². The summed E-state index contributed by atoms with van der Waals surface area (Å²) in [6, 6.07) is 6.42. The van der Waals surface area contributed by atoms with Crippen molar-refractivity contribution in [3.63, 3.8) is 0 Å². The molecular weight excluding hydrogens is 429 g/mol. The first-order chi connectivity index (χ1) is 9.90. The number of anilines is 1. The zero-order valence-electron chi connectivity index (χ0n) is 10.1. The molecule has 2 aromatic rings. The summed E-state index contributed by atoms with van der Waals surface area (Å²) < 4.78 is 1.39. The molecule has 0 aliphatic heterocycles. The predicted octanol–water partition coefficient (Wildman–Crippen LogP) is 4.42. The molecule has 1 heterocycles. The van der Waals surface area contributed by atoms with Crippen molar-refractivity contribution in [2.24, 2.45) is 0 Å². The summed E-state index contributed by atoms with van der Waals surface area (Å²) in [5.41, 5.74) is -0.216. The lowest BCUT2D eigenvalue weighted by atomic mass is 10.2. The number of pyridine rings is 1. The monoisotopic (exact) mass is 433 g/mol. The van der Waals surface area contributed by atoms with Crippen LogP contribution in [-0.2, 0) is 0 Å². The smallest absolute Gasteiger partial charge is 0.319 e. The number of carbonyl (C=O) groups excluding carboxylic acids is 1. The third-order valence-corrected chi connectivity index (χ3v) is 3.94. The molecule has 0 aliphatic rings. The van der Waals surface area contributed by atoms with Gasteiger partial charge in [0.2, 0.25) is 5.15 Å². The van der Waals surface area contributed by atoms with Crippen molar-refractivity contribution < 1.29 is 9.72 Å². The van der Waals surface area contributed by atoms with Crippen LogP contribution in [0.15, 0.2) is 39.4 Å². The van der Waals surface area contributed by atoms with Gasteiger partial charge in [0, 0.05) is 15.1 Å². The van der Waals surface area contributed by atoms with Crippen molar-refractivity contribution >= 4 is 60.7 Å². The number of rotatable bonds is 3. The summed E-state index contributed by atoms with van der Waals surface area (Å²) in [4.78, 5) is 26.1. The van der Waals surface area contributed by atoms with Gasteiger partial charge in [-0.05, 0) is 40.2 Å². The minimum atomic E-state index is -0.736. The number of halogens is 3. The van der Waals surface area contributed by atoms with E-state index in [1.165, 1.54) is 12.3 Å². The second kappa shape index (κ2) is 6.50. The van der Waals surface area contributed by atoms with Crippen molar-refractivity contribution in [3.05, 3.63) is 60.2 Å². The Balaban J connectivity index is 2.40. The van der Waals surface area contributed by atoms with Gasteiger partial charge in [-0.2, -0.15) is 0 Å². The van der Waals surface area contributed by atoms with E-state index in [4.69, 9.17) is 11.6 Å². The van der Waals surface area contributed by atoms with Crippen LogP contribution in [0.3, 0.4) is 0 Å². The Labute approximate surface area is 140 Å². The molecule has 0 atom stereocenters. The number of nitro groups is 1. The van der Waals surface area contributed by atoms with Crippen molar-refractivity contribution in [1.82, 2.24) is 4.98 Å². The van der Waals surface area contributed by atoms with Crippen molar-refractivity contribution in [3.8, 4) is 0 Å². The molecule has 0 radical (unpaired) electrons. The minimum absolute atomic E-state index is 0.160. The molecule has 0 bridgehead atoms. The molecule has 0 saturated heterocycles. The number of hydrogen-bond acceptors (Lipinski definition) is 4. The van der Waals surface area contributed by atoms with Gasteiger partial charge in [0.15, 0.2) is 0 Å². The van der Waals surface area contributed by atoms with Crippen LogP contribution >= 0.6 is 43.5 Å². The Hall–Kier alpha value is -1.51. The predicted molar refractivity (Wildman–Crippen MR) is 85.7 cm³/mol. The normalized spacial score (nSPS) is 10.2. The minimum Gasteiger partial charge on any atom is -0.321 e. The maximum atomic E-state index is 12.2. The van der Waals surface area contributed by atoms with Crippen LogP contribution < -0.4 is 5.32 Å². The summed E-state index contributed by atoms with van der Waals surface area (Å²) in [6.45, 7) is 0. The fourth-order valence-electron chi connectivity index (χ4n) is 1.57. The van der Waals surface area contributed by atoms with Gasteiger partial charge in [-0.1, -0.05) is 27.5 Å². The van der Waals surface area contributed by atoms with E-state index in [0.29, 0.717) is 10.2 Å². The molecule has 6 nitrogen and oxygen atoms in total. The van der Waals surface area contributed by atoms with Gasteiger partial charge in [-0.3, -0.25) is 14.9 Å². The molecule has 1 amide bonds. The first kappa shape index (κ1) is 15.9. The summed E-state index contributed by atoms with van der Waals surface area (Å²) in [5, 5.41) is 13.3. The SMILES string of the molecule is O=C(Nc1cc(Br)ccc1Br)c1ccnc(Cl)c1[N+](=O)[O-]. The lowest BCUT2D eigenvalue weighted by Crippen LogP contribution is -2.15. The molecule has 0 spiro atoms. The number of nitrogens with zero attached hydrogens (tertiary/aromatic N) is 2. The quantitative estimate of drug-likeness (QED) is 0.439. The third-order valence-electron chi connectivity index (χ3n) is 2.48. The fraction of sp³-hybridized carbons (Fsp3) is 0. The molecule has 21 heavy (non-hydrogen) atoms. The van der Waals surface area contributed by atoms with Crippen LogP contribution in [0.2, 0.25) is 5.15 Å². The number of nitrogens with one attached hydrogen (secondary N) is 1. The summed E-state index contributed by atoms with van der Waals surface area (Å²) in [7, 11) is 0. The molecule has 0 saturated carbocycles. The standard InChI is InChI=1S/C12H6Br2ClN3O3/c13-6-1-2-8(14)9(5-6)17-12(19)7-3-4-16-11(15)10(7)18(20)21/h1-5H,(H,17,19). The van der Waals surface area contributed by atoms with E-state index in [-0.39, 0.29) is 10.7 Å². The molecule has 1 N–H and O–H groups in total. The maximum absolute atomic E-state index is 12.2. The van der Waals surface area contributed by atoms with E-state index in [2.05, 4.69) is 42.2 Å². The zero-order valence-corrected chi connectivity index (χ0v) is 14.1. The number of benzene rings is 1. The number of hydrogen-bond donors (Lipinski definition) is 1. The highest BCUT2D eigenvalue weighted by Gasteiger charge is 2.25. The van der Waals surface area contributed by atoms with E-state index in [0.717, 1.165) is 4.47 Å². The highest BCUT2D eigenvalue weighted by molar-refractivity contribution is 9.11. The van der Waals surface area contributed by atoms with Crippen LogP contribution in [0.25, 0.3) is 0 Å². The van der Waals surface area contributed by atoms with Gasteiger partial charge in [0.25, 0.3) is 5.91 Å². The number of aromatic nitrogens is 1. The van der Waals surface area contributed by atoms with E-state index < -0.39 is 16.5 Å². The Morgan fingerprint density at radius 3 is 2.71 bits per heavy atom. The van der Waals surface area contributed by atoms with Gasteiger partial charge >= 0.3 is 5.69 Å². The molecule has 1 aromatic heterocycles. The van der Waals surface area contributed by atoms with Crippen LogP contribution in [0.5, 0.6) is 0 Å². The van der Waals surface area contributed by atoms with E-state index >= 15 is 0 Å². The summed E-state index contributed by atoms with van der Waals surface area (Å²) >= 11 is 12.2. The van der Waals surface area contributed by atoms with Crippen LogP contribution in [0.1, 0.15) is 10.4 Å². The summed E-state index contributed by atoms with van der Waals surface area (Å²) in [6.07, 6.45) is 1.24. The highest BCUT2D eigenvalue weighted by Crippen LogP contribution is 2.29. The fourth-order valence-corrected chi connectivity index (χ4v) is 2.50. The second-order valence-electron chi connectivity index (χ2n) is 3.83. The molecule has 0 unspecified atom stereocenters. The van der Waals surface area contributed by atoms with Gasteiger partial charge in [0.1, 0.15) is 5.56 Å². The van der Waals surface area contributed by atoms with Gasteiger partial charge in [-0.25, -0.2) is 4.98 Å². The maximum Gasteiger partial charge on any atom is 0.319 e. The molecule has 0 fully saturated rings. The zero-order chi connectivity index (χ0) is 15.6. The Morgan fingerprint density at radius 1 is 1.33 bits per heavy atom. The average molecular weight is 435 g/mol. The lowest BCUT2D eigenvalue weighted by Gasteiger charge is -2.08. The van der Waals surface area contributed by atoms with Crippen LogP contribution in [0, 0.1) is 10.1 Å². The molecule has 2 rings (SSSR count). The van der Waals surface area contributed by atoms with Crippen molar-refractivity contribution in [1.29, 1.82) is 0 Å².